The maximum absolute atomic E-state index is 14.3. The summed E-state index contributed by atoms with van der Waals surface area (Å²) in [7, 11) is -1.65. The minimum absolute atomic E-state index is 0.0101. The van der Waals surface area contributed by atoms with Crippen LogP contribution in [0.3, 0.4) is 0 Å². The largest absolute Gasteiger partial charge is 0.496 e. The van der Waals surface area contributed by atoms with E-state index in [1.165, 1.54) is 12.3 Å². The Morgan fingerprint density at radius 3 is 2.63 bits per heavy atom. The normalized spacial score (nSPS) is 29.0. The Balaban J connectivity index is 1.50. The van der Waals surface area contributed by atoms with Gasteiger partial charge in [-0.05, 0) is 56.7 Å². The van der Waals surface area contributed by atoms with Crippen LogP contribution in [0.25, 0.3) is 0 Å². The molecule has 27 heavy (non-hydrogen) atoms. The smallest absolute Gasteiger partial charge is 0.209 e. The summed E-state index contributed by atoms with van der Waals surface area (Å²) in [6, 6.07) is 4.83. The molecule has 2 fully saturated rings. The van der Waals surface area contributed by atoms with Crippen LogP contribution in [0.2, 0.25) is 0 Å². The van der Waals surface area contributed by atoms with Gasteiger partial charge in [0.05, 0.1) is 26.1 Å². The Hall–Kier alpha value is -1.22. The molecule has 2 N–H and O–H groups in total. The van der Waals surface area contributed by atoms with Crippen molar-refractivity contribution < 1.29 is 22.3 Å². The van der Waals surface area contributed by atoms with Crippen molar-refractivity contribution in [2.24, 2.45) is 0 Å². The molecule has 0 bridgehead atoms. The first kappa shape index (κ1) is 20.5. The van der Waals surface area contributed by atoms with Crippen LogP contribution in [0, 0.1) is 5.82 Å². The lowest BCUT2D eigenvalue weighted by Crippen LogP contribution is -2.46. The highest BCUT2D eigenvalue weighted by molar-refractivity contribution is 7.88. The molecule has 2 atom stereocenters. The van der Waals surface area contributed by atoms with Gasteiger partial charge in [0.2, 0.25) is 10.0 Å². The number of halogens is 1. The van der Waals surface area contributed by atoms with Crippen LogP contribution in [0.1, 0.15) is 43.6 Å². The predicted molar refractivity (Wildman–Crippen MR) is 102 cm³/mol. The van der Waals surface area contributed by atoms with E-state index >= 15 is 0 Å². The van der Waals surface area contributed by atoms with Crippen LogP contribution in [-0.4, -0.2) is 53.1 Å². The summed E-state index contributed by atoms with van der Waals surface area (Å²) in [6.45, 7) is 1.26. The lowest BCUT2D eigenvalue weighted by molar-refractivity contribution is 0.0123. The second-order valence-electron chi connectivity index (χ2n) is 7.51. The van der Waals surface area contributed by atoms with E-state index in [-0.39, 0.29) is 29.9 Å². The zero-order valence-corrected chi connectivity index (χ0v) is 16.7. The van der Waals surface area contributed by atoms with Gasteiger partial charge in [-0.2, -0.15) is 0 Å². The van der Waals surface area contributed by atoms with Gasteiger partial charge in [0.15, 0.2) is 0 Å². The van der Waals surface area contributed by atoms with Crippen molar-refractivity contribution in [1.29, 1.82) is 0 Å². The molecule has 0 amide bonds. The summed E-state index contributed by atoms with van der Waals surface area (Å²) in [5.74, 6) is 0.554. The Labute approximate surface area is 160 Å². The third-order valence-electron chi connectivity index (χ3n) is 5.54. The second-order valence-corrected chi connectivity index (χ2v) is 9.29. The molecule has 2 aliphatic rings. The van der Waals surface area contributed by atoms with Gasteiger partial charge in [-0.1, -0.05) is 6.07 Å². The predicted octanol–water partition coefficient (Wildman–Crippen LogP) is 2.16. The van der Waals surface area contributed by atoms with Crippen LogP contribution in [0.4, 0.5) is 4.39 Å². The van der Waals surface area contributed by atoms with E-state index in [4.69, 9.17) is 9.47 Å². The van der Waals surface area contributed by atoms with Crippen molar-refractivity contribution in [2.45, 2.75) is 56.2 Å². The van der Waals surface area contributed by atoms with Crippen molar-refractivity contribution in [3.05, 3.63) is 29.6 Å². The van der Waals surface area contributed by atoms with E-state index < -0.39 is 10.0 Å². The van der Waals surface area contributed by atoms with Gasteiger partial charge < -0.3 is 14.8 Å². The van der Waals surface area contributed by atoms with E-state index in [0.717, 1.165) is 38.6 Å². The topological polar surface area (TPSA) is 76.7 Å². The lowest BCUT2D eigenvalue weighted by Gasteiger charge is -2.31. The lowest BCUT2D eigenvalue weighted by atomic mass is 9.82. The monoisotopic (exact) mass is 400 g/mol. The first-order valence-electron chi connectivity index (χ1n) is 9.52. The summed E-state index contributed by atoms with van der Waals surface area (Å²) in [4.78, 5) is 0. The summed E-state index contributed by atoms with van der Waals surface area (Å²) in [6.07, 6.45) is 5.50. The van der Waals surface area contributed by atoms with Crippen LogP contribution < -0.4 is 14.8 Å². The van der Waals surface area contributed by atoms with Crippen molar-refractivity contribution in [3.8, 4) is 5.75 Å². The molecule has 152 valence electrons. The number of nitrogens with one attached hydrogen (secondary N) is 2. The van der Waals surface area contributed by atoms with Crippen LogP contribution in [0.15, 0.2) is 18.2 Å². The number of benzene rings is 1. The summed E-state index contributed by atoms with van der Waals surface area (Å²) >= 11 is 0. The number of hydrogen-bond donors (Lipinski definition) is 2. The SMILES string of the molecule is COc1cccc(F)c1C1CCC(OC[C@@H]2NCC[C@@H]2NS(C)(=O)=O)CC1. The molecule has 1 aliphatic heterocycles. The fourth-order valence-corrected chi connectivity index (χ4v) is 5.04. The highest BCUT2D eigenvalue weighted by Gasteiger charge is 2.31. The summed E-state index contributed by atoms with van der Waals surface area (Å²) < 4.78 is 51.3. The first-order valence-corrected chi connectivity index (χ1v) is 11.4. The summed E-state index contributed by atoms with van der Waals surface area (Å²) in [5, 5.41) is 3.31. The zero-order valence-electron chi connectivity index (χ0n) is 15.9. The maximum atomic E-state index is 14.3. The van der Waals surface area contributed by atoms with E-state index in [0.29, 0.717) is 17.9 Å². The fraction of sp³-hybridized carbons (Fsp3) is 0.684. The van der Waals surface area contributed by atoms with E-state index in [1.807, 2.05) is 6.07 Å². The van der Waals surface area contributed by atoms with Gasteiger partial charge in [0.1, 0.15) is 11.6 Å². The van der Waals surface area contributed by atoms with Crippen LogP contribution in [0.5, 0.6) is 5.75 Å². The molecule has 0 spiro atoms. The molecule has 1 saturated carbocycles. The van der Waals surface area contributed by atoms with Gasteiger partial charge >= 0.3 is 0 Å². The van der Waals surface area contributed by atoms with Gasteiger partial charge in [0.25, 0.3) is 0 Å². The number of rotatable bonds is 7. The third kappa shape index (κ3) is 5.40. The molecule has 0 radical (unpaired) electrons. The molecule has 0 unspecified atom stereocenters. The molecule has 1 aliphatic carbocycles. The maximum Gasteiger partial charge on any atom is 0.209 e. The van der Waals surface area contributed by atoms with Gasteiger partial charge in [-0.25, -0.2) is 17.5 Å². The van der Waals surface area contributed by atoms with E-state index in [9.17, 15) is 12.8 Å². The van der Waals surface area contributed by atoms with Crippen LogP contribution >= 0.6 is 0 Å². The van der Waals surface area contributed by atoms with Gasteiger partial charge in [-0.15, -0.1) is 0 Å². The average molecular weight is 401 g/mol. The van der Waals surface area contributed by atoms with E-state index in [2.05, 4.69) is 10.0 Å². The Kier molecular flexibility index (Phi) is 6.73. The summed E-state index contributed by atoms with van der Waals surface area (Å²) in [5.41, 5.74) is 0.674. The van der Waals surface area contributed by atoms with Crippen molar-refractivity contribution in [3.63, 3.8) is 0 Å². The fourth-order valence-electron chi connectivity index (χ4n) is 4.21. The Morgan fingerprint density at radius 2 is 1.96 bits per heavy atom. The molecule has 0 aromatic heterocycles. The van der Waals surface area contributed by atoms with Gasteiger partial charge in [-0.3, -0.25) is 0 Å². The number of hydrogen-bond acceptors (Lipinski definition) is 5. The van der Waals surface area contributed by atoms with Gasteiger partial charge in [0, 0.05) is 17.6 Å². The Morgan fingerprint density at radius 1 is 1.22 bits per heavy atom. The molecule has 6 nitrogen and oxygen atoms in total. The minimum Gasteiger partial charge on any atom is -0.496 e. The minimum atomic E-state index is -3.23. The quantitative estimate of drug-likeness (QED) is 0.734. The molecule has 1 saturated heterocycles. The highest BCUT2D eigenvalue weighted by atomic mass is 32.2. The zero-order chi connectivity index (χ0) is 19.4. The molecule has 3 rings (SSSR count). The third-order valence-corrected chi connectivity index (χ3v) is 6.27. The standard InChI is InChI=1S/C19H29FN2O4S/c1-25-18-5-3-4-15(20)19(18)13-6-8-14(9-7-13)26-12-17-16(10-11-21-17)22-27(2,23)24/h3-5,13-14,16-17,21-22H,6-12H2,1-2H3/t13?,14?,16-,17-/m0/s1. The van der Waals surface area contributed by atoms with E-state index in [1.54, 1.807) is 13.2 Å². The number of ether oxygens (including phenoxy) is 2. The molecule has 1 aromatic rings. The molecule has 8 heteroatoms. The molecular formula is C19H29FN2O4S. The van der Waals surface area contributed by atoms with Crippen molar-refractivity contribution >= 4 is 10.0 Å². The van der Waals surface area contributed by atoms with Crippen LogP contribution in [-0.2, 0) is 14.8 Å². The number of methoxy groups -OCH3 is 1. The molecule has 1 heterocycles. The van der Waals surface area contributed by atoms with Crippen molar-refractivity contribution in [2.75, 3.05) is 26.5 Å². The Bertz CT molecular complexity index is 735. The molecule has 1 aromatic carbocycles. The number of sulfonamides is 1. The average Bonchev–Trinajstić information content (AvgIpc) is 3.05. The highest BCUT2D eigenvalue weighted by Crippen LogP contribution is 2.39. The first-order chi connectivity index (χ1) is 12.9. The molecular weight excluding hydrogens is 371 g/mol. The second kappa shape index (κ2) is 8.86. The van der Waals surface area contributed by atoms with Crippen molar-refractivity contribution in [1.82, 2.24) is 10.0 Å².